The van der Waals surface area contributed by atoms with E-state index >= 15 is 0 Å². The summed E-state index contributed by atoms with van der Waals surface area (Å²) in [7, 11) is 0. The molecule has 2 amide bonds. The van der Waals surface area contributed by atoms with E-state index in [2.05, 4.69) is 31.5 Å². The van der Waals surface area contributed by atoms with Crippen LogP contribution < -0.4 is 10.6 Å². The van der Waals surface area contributed by atoms with Gasteiger partial charge in [-0.05, 0) is 65.6 Å². The molecule has 2 heterocycles. The highest BCUT2D eigenvalue weighted by atomic mass is 79.9. The van der Waals surface area contributed by atoms with Crippen molar-refractivity contribution in [2.45, 2.75) is 51.5 Å². The molecule has 2 aliphatic carbocycles. The molecule has 0 bridgehead atoms. The van der Waals surface area contributed by atoms with E-state index in [1.807, 2.05) is 6.07 Å². The number of nitrogens with zero attached hydrogens (tertiary/aromatic N) is 1. The van der Waals surface area contributed by atoms with E-state index in [0.717, 1.165) is 29.3 Å². The molecule has 2 fully saturated rings. The second-order valence-electron chi connectivity index (χ2n) is 7.89. The molecule has 7 nitrogen and oxygen atoms in total. The lowest BCUT2D eigenvalue weighted by atomic mass is 9.45. The van der Waals surface area contributed by atoms with Crippen LogP contribution in [0.1, 0.15) is 44.6 Å². The molecule has 1 atom stereocenters. The van der Waals surface area contributed by atoms with Gasteiger partial charge in [-0.3, -0.25) is 14.4 Å². The van der Waals surface area contributed by atoms with Gasteiger partial charge in [0.15, 0.2) is 0 Å². The molecule has 1 aliphatic heterocycles. The van der Waals surface area contributed by atoms with Crippen molar-refractivity contribution in [2.75, 3.05) is 11.9 Å². The van der Waals surface area contributed by atoms with Crippen LogP contribution in [0, 0.1) is 10.8 Å². The number of rotatable bonds is 4. The third-order valence-electron chi connectivity index (χ3n) is 6.09. The molecule has 0 aromatic carbocycles. The molecule has 27 heavy (non-hydrogen) atoms. The second-order valence-corrected chi connectivity index (χ2v) is 8.81. The van der Waals surface area contributed by atoms with E-state index in [9.17, 15) is 14.4 Å². The Kier molecular flexibility index (Phi) is 4.49. The molecule has 1 spiro atoms. The predicted molar refractivity (Wildman–Crippen MR) is 101 cm³/mol. The number of carbonyl (C=O) groups is 3. The molecule has 0 radical (unpaired) electrons. The molecule has 1 aromatic heterocycles. The molecule has 3 aliphatic rings. The van der Waals surface area contributed by atoms with E-state index in [-0.39, 0.29) is 17.9 Å². The highest BCUT2D eigenvalue weighted by Crippen LogP contribution is 2.65. The normalized spacial score (nSPS) is 24.1. The van der Waals surface area contributed by atoms with E-state index < -0.39 is 23.3 Å². The Balaban J connectivity index is 1.51. The van der Waals surface area contributed by atoms with Gasteiger partial charge < -0.3 is 15.4 Å². The molecule has 0 saturated heterocycles. The zero-order valence-corrected chi connectivity index (χ0v) is 16.7. The smallest absolute Gasteiger partial charge is 0.321 e. The number of anilines is 1. The van der Waals surface area contributed by atoms with Gasteiger partial charge in [0, 0.05) is 17.1 Å². The Bertz CT molecular complexity index is 813. The van der Waals surface area contributed by atoms with Crippen molar-refractivity contribution in [3.05, 3.63) is 22.3 Å². The monoisotopic (exact) mass is 435 g/mol. The van der Waals surface area contributed by atoms with Gasteiger partial charge in [0.05, 0.1) is 6.61 Å². The lowest BCUT2D eigenvalue weighted by Crippen LogP contribution is -2.64. The summed E-state index contributed by atoms with van der Waals surface area (Å²) in [6.07, 6.45) is 6.23. The summed E-state index contributed by atoms with van der Waals surface area (Å²) in [6, 6.07) is 1.14. The van der Waals surface area contributed by atoms with Gasteiger partial charge in [-0.15, -0.1) is 0 Å². The summed E-state index contributed by atoms with van der Waals surface area (Å²) in [6.45, 7) is 1.97. The van der Waals surface area contributed by atoms with Crippen LogP contribution in [0.2, 0.25) is 0 Å². The minimum absolute atomic E-state index is 0.111. The molecule has 2 N–H and O–H groups in total. The van der Waals surface area contributed by atoms with Crippen molar-refractivity contribution < 1.29 is 19.1 Å². The number of amides is 2. The number of hydrogen-bond acceptors (Lipinski definition) is 5. The molecule has 4 rings (SSSR count). The van der Waals surface area contributed by atoms with Crippen LogP contribution in [0.5, 0.6) is 0 Å². The molecular formula is C19H22BrN3O4. The maximum Gasteiger partial charge on any atom is 0.321 e. The first-order chi connectivity index (χ1) is 12.9. The minimum Gasteiger partial charge on any atom is -0.465 e. The molecule has 8 heteroatoms. The Hall–Kier alpha value is -1.96. The minimum atomic E-state index is -1.16. The van der Waals surface area contributed by atoms with E-state index in [1.54, 1.807) is 13.1 Å². The van der Waals surface area contributed by atoms with Crippen molar-refractivity contribution in [2.24, 2.45) is 10.8 Å². The van der Waals surface area contributed by atoms with Gasteiger partial charge in [-0.1, -0.05) is 6.42 Å². The Morgan fingerprint density at radius 2 is 2.15 bits per heavy atom. The topological polar surface area (TPSA) is 97.4 Å². The SMILES string of the molecule is CCOC(=O)C1(C(=O)NC2Cc3cc(Br)cnc3NC2=O)CC2(CCC2)C1. The fraction of sp³-hybridized carbons (Fsp3) is 0.579. The van der Waals surface area contributed by atoms with Crippen LogP contribution in [0.15, 0.2) is 16.7 Å². The summed E-state index contributed by atoms with van der Waals surface area (Å²) < 4.78 is 6.01. The van der Waals surface area contributed by atoms with E-state index in [1.165, 1.54) is 0 Å². The van der Waals surface area contributed by atoms with Crippen LogP contribution in [0.25, 0.3) is 0 Å². The first-order valence-electron chi connectivity index (χ1n) is 9.31. The number of nitrogens with one attached hydrogen (secondary N) is 2. The van der Waals surface area contributed by atoms with E-state index in [0.29, 0.717) is 25.1 Å². The van der Waals surface area contributed by atoms with Crippen LogP contribution in [-0.2, 0) is 25.5 Å². The third-order valence-corrected chi connectivity index (χ3v) is 6.52. The summed E-state index contributed by atoms with van der Waals surface area (Å²) in [4.78, 5) is 42.2. The lowest BCUT2D eigenvalue weighted by molar-refractivity contribution is -0.186. The fourth-order valence-corrected chi connectivity index (χ4v) is 4.98. The number of pyridine rings is 1. The van der Waals surface area contributed by atoms with Crippen LogP contribution in [0.3, 0.4) is 0 Å². The third kappa shape index (κ3) is 3.03. The maximum atomic E-state index is 13.1. The van der Waals surface area contributed by atoms with Crippen molar-refractivity contribution in [1.29, 1.82) is 0 Å². The maximum absolute atomic E-state index is 13.1. The van der Waals surface area contributed by atoms with Gasteiger partial charge in [-0.25, -0.2) is 4.98 Å². The zero-order chi connectivity index (χ0) is 19.2. The Morgan fingerprint density at radius 3 is 2.78 bits per heavy atom. The van der Waals surface area contributed by atoms with Crippen molar-refractivity contribution in [1.82, 2.24) is 10.3 Å². The average molecular weight is 436 g/mol. The molecule has 2 saturated carbocycles. The first kappa shape index (κ1) is 18.4. The van der Waals surface area contributed by atoms with Gasteiger partial charge in [-0.2, -0.15) is 0 Å². The number of ether oxygens (including phenoxy) is 1. The fourth-order valence-electron chi connectivity index (χ4n) is 4.60. The molecular weight excluding hydrogens is 414 g/mol. The second kappa shape index (κ2) is 6.58. The molecule has 1 unspecified atom stereocenters. The lowest BCUT2D eigenvalue weighted by Gasteiger charge is -2.58. The number of aromatic nitrogens is 1. The van der Waals surface area contributed by atoms with Crippen LogP contribution >= 0.6 is 15.9 Å². The van der Waals surface area contributed by atoms with Gasteiger partial charge in [0.1, 0.15) is 17.3 Å². The number of carbonyl (C=O) groups excluding carboxylic acids is 3. The van der Waals surface area contributed by atoms with Crippen LogP contribution in [-0.4, -0.2) is 35.4 Å². The number of hydrogen-bond donors (Lipinski definition) is 2. The molecule has 144 valence electrons. The number of esters is 1. The summed E-state index contributed by atoms with van der Waals surface area (Å²) in [5.74, 6) is -0.681. The Morgan fingerprint density at radius 1 is 1.41 bits per heavy atom. The highest BCUT2D eigenvalue weighted by Gasteiger charge is 2.65. The van der Waals surface area contributed by atoms with Gasteiger partial charge in [0.25, 0.3) is 0 Å². The largest absolute Gasteiger partial charge is 0.465 e. The summed E-state index contributed by atoms with van der Waals surface area (Å²) >= 11 is 3.37. The average Bonchev–Trinajstić information content (AvgIpc) is 2.54. The Labute approximate surface area is 165 Å². The predicted octanol–water partition coefficient (Wildman–Crippen LogP) is 2.34. The van der Waals surface area contributed by atoms with E-state index in [4.69, 9.17) is 4.74 Å². The van der Waals surface area contributed by atoms with Crippen LogP contribution in [0.4, 0.5) is 5.82 Å². The number of fused-ring (bicyclic) bond motifs is 1. The van der Waals surface area contributed by atoms with Gasteiger partial charge in [0.2, 0.25) is 11.8 Å². The van der Waals surface area contributed by atoms with Crippen molar-refractivity contribution >= 4 is 39.5 Å². The zero-order valence-electron chi connectivity index (χ0n) is 15.1. The standard InChI is InChI=1S/C19H22BrN3O4/c1-2-27-17(26)19(9-18(10-19)4-3-5-18)16(25)22-13-7-11-6-12(20)8-21-14(11)23-15(13)24/h6,8,13H,2-5,7,9-10H2,1H3,(H,22,25)(H,21,23,24). The quantitative estimate of drug-likeness (QED) is 0.558. The molecule has 1 aromatic rings. The number of halogens is 1. The summed E-state index contributed by atoms with van der Waals surface area (Å²) in [5, 5.41) is 5.52. The highest BCUT2D eigenvalue weighted by molar-refractivity contribution is 9.10. The van der Waals surface area contributed by atoms with Crippen molar-refractivity contribution in [3.8, 4) is 0 Å². The van der Waals surface area contributed by atoms with Crippen molar-refractivity contribution in [3.63, 3.8) is 0 Å². The van der Waals surface area contributed by atoms with Gasteiger partial charge >= 0.3 is 5.97 Å². The summed E-state index contributed by atoms with van der Waals surface area (Å²) in [5.41, 5.74) is -0.212. The first-order valence-corrected chi connectivity index (χ1v) is 10.1.